The second-order valence-corrected chi connectivity index (χ2v) is 5.08. The highest BCUT2D eigenvalue weighted by Crippen LogP contribution is 2.28. The summed E-state index contributed by atoms with van der Waals surface area (Å²) < 4.78 is 1.75. The van der Waals surface area contributed by atoms with Gasteiger partial charge in [-0.3, -0.25) is 0 Å². The van der Waals surface area contributed by atoms with Gasteiger partial charge in [-0.25, -0.2) is 4.68 Å². The molecule has 2 aromatic rings. The van der Waals surface area contributed by atoms with Crippen LogP contribution in [0.5, 0.6) is 0 Å². The molecule has 0 aliphatic carbocycles. The molecule has 1 heterocycles. The van der Waals surface area contributed by atoms with E-state index >= 15 is 0 Å². The van der Waals surface area contributed by atoms with Gasteiger partial charge in [-0.05, 0) is 54.9 Å². The van der Waals surface area contributed by atoms with Gasteiger partial charge in [0.05, 0.1) is 5.92 Å². The Kier molecular flexibility index (Phi) is 3.95. The standard InChI is InChI=1S/C14H21N5/c1-9-6-10(2)13(11(3)7-9)12(8-15-4)14-16-17-18-19(14)5/h6-7,12,15H,8H2,1-5H3. The minimum Gasteiger partial charge on any atom is -0.319 e. The second kappa shape index (κ2) is 5.48. The quantitative estimate of drug-likeness (QED) is 0.903. The highest BCUT2D eigenvalue weighted by Gasteiger charge is 2.22. The Morgan fingerprint density at radius 1 is 1.21 bits per heavy atom. The molecule has 0 aliphatic rings. The van der Waals surface area contributed by atoms with Gasteiger partial charge in [-0.2, -0.15) is 0 Å². The molecule has 0 amide bonds. The first kappa shape index (κ1) is 13.7. The zero-order chi connectivity index (χ0) is 14.0. The maximum Gasteiger partial charge on any atom is 0.159 e. The van der Waals surface area contributed by atoms with E-state index in [1.165, 1.54) is 22.3 Å². The lowest BCUT2D eigenvalue weighted by molar-refractivity contribution is 0.608. The van der Waals surface area contributed by atoms with E-state index in [-0.39, 0.29) is 5.92 Å². The monoisotopic (exact) mass is 259 g/mol. The summed E-state index contributed by atoms with van der Waals surface area (Å²) in [5.74, 6) is 1.06. The van der Waals surface area contributed by atoms with E-state index in [0.29, 0.717) is 0 Å². The SMILES string of the molecule is CNCC(c1c(C)cc(C)cc1C)c1nnnn1C. The number of nitrogens with zero attached hydrogens (tertiary/aromatic N) is 4. The molecule has 102 valence electrons. The molecular formula is C14H21N5. The van der Waals surface area contributed by atoms with Crippen LogP contribution in [0.2, 0.25) is 0 Å². The van der Waals surface area contributed by atoms with Crippen LogP contribution in [0, 0.1) is 20.8 Å². The number of tetrazole rings is 1. The van der Waals surface area contributed by atoms with Crippen LogP contribution >= 0.6 is 0 Å². The number of benzene rings is 1. The number of aryl methyl sites for hydroxylation is 4. The van der Waals surface area contributed by atoms with Gasteiger partial charge < -0.3 is 5.32 Å². The molecule has 19 heavy (non-hydrogen) atoms. The number of likely N-dealkylation sites (N-methyl/N-ethyl adjacent to an activating group) is 1. The molecule has 1 aromatic carbocycles. The van der Waals surface area contributed by atoms with Crippen LogP contribution in [0.4, 0.5) is 0 Å². The summed E-state index contributed by atoms with van der Waals surface area (Å²) in [6.45, 7) is 7.25. The molecular weight excluding hydrogens is 238 g/mol. The molecule has 0 spiro atoms. The Hall–Kier alpha value is -1.75. The van der Waals surface area contributed by atoms with Gasteiger partial charge in [0.1, 0.15) is 0 Å². The lowest BCUT2D eigenvalue weighted by Crippen LogP contribution is -2.23. The minimum absolute atomic E-state index is 0.172. The average Bonchev–Trinajstić information content (AvgIpc) is 2.73. The molecule has 5 nitrogen and oxygen atoms in total. The number of aromatic nitrogens is 4. The van der Waals surface area contributed by atoms with Gasteiger partial charge in [0.25, 0.3) is 0 Å². The third-order valence-electron chi connectivity index (χ3n) is 3.46. The van der Waals surface area contributed by atoms with E-state index in [9.17, 15) is 0 Å². The first-order valence-electron chi connectivity index (χ1n) is 6.49. The highest BCUT2D eigenvalue weighted by atomic mass is 15.5. The van der Waals surface area contributed by atoms with E-state index in [1.54, 1.807) is 4.68 Å². The number of hydrogen-bond donors (Lipinski definition) is 1. The number of nitrogens with one attached hydrogen (secondary N) is 1. The Balaban J connectivity index is 2.54. The first-order valence-corrected chi connectivity index (χ1v) is 6.49. The molecule has 0 aliphatic heterocycles. The summed E-state index contributed by atoms with van der Waals surface area (Å²) in [5, 5.41) is 15.1. The first-order chi connectivity index (χ1) is 9.04. The van der Waals surface area contributed by atoms with Gasteiger partial charge in [0.15, 0.2) is 5.82 Å². The summed E-state index contributed by atoms with van der Waals surface area (Å²) >= 11 is 0. The average molecular weight is 259 g/mol. The Bertz CT molecular complexity index is 550. The van der Waals surface area contributed by atoms with Crippen LogP contribution in [0.1, 0.15) is 34.0 Å². The molecule has 1 N–H and O–H groups in total. The predicted octanol–water partition coefficient (Wildman–Crippen LogP) is 1.49. The fourth-order valence-corrected chi connectivity index (χ4v) is 2.80. The van der Waals surface area contributed by atoms with Crippen LogP contribution < -0.4 is 5.32 Å². The maximum atomic E-state index is 4.18. The van der Waals surface area contributed by atoms with Gasteiger partial charge >= 0.3 is 0 Å². The summed E-state index contributed by atoms with van der Waals surface area (Å²) in [6, 6.07) is 4.43. The lowest BCUT2D eigenvalue weighted by Gasteiger charge is -2.20. The molecule has 5 heteroatoms. The van der Waals surface area contributed by atoms with Crippen molar-refractivity contribution in [3.05, 3.63) is 40.2 Å². The fraction of sp³-hybridized carbons (Fsp3) is 0.500. The minimum atomic E-state index is 0.172. The molecule has 0 saturated carbocycles. The van der Waals surface area contributed by atoms with Crippen LogP contribution in [-0.4, -0.2) is 33.8 Å². The Labute approximate surface area is 114 Å². The van der Waals surface area contributed by atoms with E-state index in [2.05, 4.69) is 53.7 Å². The highest BCUT2D eigenvalue weighted by molar-refractivity contribution is 5.42. The van der Waals surface area contributed by atoms with Crippen molar-refractivity contribution in [1.82, 2.24) is 25.5 Å². The third-order valence-corrected chi connectivity index (χ3v) is 3.46. The largest absolute Gasteiger partial charge is 0.319 e. The second-order valence-electron chi connectivity index (χ2n) is 5.08. The van der Waals surface area contributed by atoms with E-state index in [0.717, 1.165) is 12.4 Å². The topological polar surface area (TPSA) is 55.6 Å². The third kappa shape index (κ3) is 2.66. The van der Waals surface area contributed by atoms with Crippen molar-refractivity contribution >= 4 is 0 Å². The summed E-state index contributed by atoms with van der Waals surface area (Å²) in [6.07, 6.45) is 0. The van der Waals surface area contributed by atoms with E-state index < -0.39 is 0 Å². The Morgan fingerprint density at radius 2 is 1.84 bits per heavy atom. The van der Waals surface area contributed by atoms with Gasteiger partial charge in [-0.1, -0.05) is 17.7 Å². The van der Waals surface area contributed by atoms with Crippen molar-refractivity contribution in [2.45, 2.75) is 26.7 Å². The van der Waals surface area contributed by atoms with Crippen LogP contribution in [-0.2, 0) is 7.05 Å². The summed E-state index contributed by atoms with van der Waals surface area (Å²) in [4.78, 5) is 0. The normalized spacial score (nSPS) is 12.7. The molecule has 1 aromatic heterocycles. The van der Waals surface area contributed by atoms with Crippen LogP contribution in [0.3, 0.4) is 0 Å². The van der Waals surface area contributed by atoms with Crippen LogP contribution in [0.25, 0.3) is 0 Å². The number of hydrogen-bond acceptors (Lipinski definition) is 4. The molecule has 2 rings (SSSR count). The smallest absolute Gasteiger partial charge is 0.159 e. The van der Waals surface area contributed by atoms with Gasteiger partial charge in [0, 0.05) is 13.6 Å². The fourth-order valence-electron chi connectivity index (χ4n) is 2.80. The maximum absolute atomic E-state index is 4.18. The number of rotatable bonds is 4. The predicted molar refractivity (Wildman–Crippen MR) is 75.2 cm³/mol. The molecule has 0 radical (unpaired) electrons. The summed E-state index contributed by atoms with van der Waals surface area (Å²) in [7, 11) is 3.84. The van der Waals surface area contributed by atoms with Gasteiger partial charge in [-0.15, -0.1) is 5.10 Å². The van der Waals surface area contributed by atoms with Crippen molar-refractivity contribution < 1.29 is 0 Å². The van der Waals surface area contributed by atoms with Crippen molar-refractivity contribution in [3.63, 3.8) is 0 Å². The molecule has 1 unspecified atom stereocenters. The zero-order valence-electron chi connectivity index (χ0n) is 12.2. The molecule has 0 fully saturated rings. The lowest BCUT2D eigenvalue weighted by atomic mass is 9.88. The van der Waals surface area contributed by atoms with Crippen molar-refractivity contribution in [2.75, 3.05) is 13.6 Å². The zero-order valence-corrected chi connectivity index (χ0v) is 12.2. The summed E-state index contributed by atoms with van der Waals surface area (Å²) in [5.41, 5.74) is 5.19. The molecule has 0 saturated heterocycles. The van der Waals surface area contributed by atoms with Crippen molar-refractivity contribution in [3.8, 4) is 0 Å². The van der Waals surface area contributed by atoms with Crippen molar-refractivity contribution in [2.24, 2.45) is 7.05 Å². The van der Waals surface area contributed by atoms with Gasteiger partial charge in [0.2, 0.25) is 0 Å². The Morgan fingerprint density at radius 3 is 2.32 bits per heavy atom. The molecule has 0 bridgehead atoms. The van der Waals surface area contributed by atoms with E-state index in [1.807, 2.05) is 14.1 Å². The van der Waals surface area contributed by atoms with E-state index in [4.69, 9.17) is 0 Å². The van der Waals surface area contributed by atoms with Crippen molar-refractivity contribution in [1.29, 1.82) is 0 Å². The van der Waals surface area contributed by atoms with Crippen LogP contribution in [0.15, 0.2) is 12.1 Å². The molecule has 1 atom stereocenters.